The van der Waals surface area contributed by atoms with Crippen LogP contribution in [-0.2, 0) is 16.0 Å². The van der Waals surface area contributed by atoms with Crippen molar-refractivity contribution < 1.29 is 14.7 Å². The van der Waals surface area contributed by atoms with Crippen molar-refractivity contribution in [2.75, 3.05) is 0 Å². The molecule has 3 rings (SSSR count). The number of amides is 1. The van der Waals surface area contributed by atoms with E-state index >= 15 is 0 Å². The number of carbonyl (C=O) groups is 2. The Morgan fingerprint density at radius 3 is 2.52 bits per heavy atom. The van der Waals surface area contributed by atoms with Gasteiger partial charge in [-0.2, -0.15) is 0 Å². The van der Waals surface area contributed by atoms with Gasteiger partial charge in [0.05, 0.1) is 0 Å². The van der Waals surface area contributed by atoms with Gasteiger partial charge in [0, 0.05) is 12.3 Å². The Hall–Kier alpha value is -1.84. The minimum atomic E-state index is -0.963. The Bertz CT molecular complexity index is 528. The highest BCUT2D eigenvalue weighted by atomic mass is 16.4. The molecule has 1 aromatic carbocycles. The van der Waals surface area contributed by atoms with Gasteiger partial charge in [-0.3, -0.25) is 4.79 Å². The Labute approximate surface area is 124 Å². The largest absolute Gasteiger partial charge is 0.480 e. The van der Waals surface area contributed by atoms with Gasteiger partial charge in [0.2, 0.25) is 5.91 Å². The molecule has 0 spiro atoms. The Balaban J connectivity index is 1.62. The minimum absolute atomic E-state index is 0.0290. The summed E-state index contributed by atoms with van der Waals surface area (Å²) in [6, 6.07) is 8.60. The molecule has 0 aliphatic heterocycles. The van der Waals surface area contributed by atoms with Gasteiger partial charge in [0.15, 0.2) is 0 Å². The van der Waals surface area contributed by atoms with E-state index in [1.54, 1.807) is 0 Å². The van der Waals surface area contributed by atoms with Crippen LogP contribution in [0.15, 0.2) is 30.3 Å². The highest BCUT2D eigenvalue weighted by Gasteiger charge is 2.43. The van der Waals surface area contributed by atoms with E-state index in [0.29, 0.717) is 18.3 Å². The first-order valence-corrected chi connectivity index (χ1v) is 7.70. The Morgan fingerprint density at radius 1 is 1.19 bits per heavy atom. The van der Waals surface area contributed by atoms with Crippen molar-refractivity contribution in [2.24, 2.45) is 17.8 Å². The fourth-order valence-electron chi connectivity index (χ4n) is 3.89. The molecule has 0 heterocycles. The molecule has 2 N–H and O–H groups in total. The van der Waals surface area contributed by atoms with Gasteiger partial charge in [-0.25, -0.2) is 4.79 Å². The second-order valence-corrected chi connectivity index (χ2v) is 6.37. The fourth-order valence-corrected chi connectivity index (χ4v) is 3.89. The van der Waals surface area contributed by atoms with Crippen LogP contribution in [0.2, 0.25) is 0 Å². The average molecular weight is 287 g/mol. The van der Waals surface area contributed by atoms with Crippen LogP contribution in [0.5, 0.6) is 0 Å². The molecule has 2 fully saturated rings. The van der Waals surface area contributed by atoms with Crippen LogP contribution in [0.4, 0.5) is 0 Å². The smallest absolute Gasteiger partial charge is 0.326 e. The van der Waals surface area contributed by atoms with Crippen molar-refractivity contribution in [1.29, 1.82) is 0 Å². The molecule has 2 aliphatic rings. The molecule has 4 nitrogen and oxygen atoms in total. The predicted octanol–water partition coefficient (Wildman–Crippen LogP) is 2.23. The zero-order valence-corrected chi connectivity index (χ0v) is 12.0. The number of fused-ring (bicyclic) bond motifs is 2. The summed E-state index contributed by atoms with van der Waals surface area (Å²) in [5, 5.41) is 12.1. The van der Waals surface area contributed by atoms with Gasteiger partial charge in [-0.15, -0.1) is 0 Å². The zero-order chi connectivity index (χ0) is 14.8. The molecular formula is C17H21NO3. The molecular weight excluding hydrogens is 266 g/mol. The van der Waals surface area contributed by atoms with E-state index in [1.807, 2.05) is 30.3 Å². The monoisotopic (exact) mass is 287 g/mol. The molecule has 1 aromatic rings. The molecule has 2 saturated carbocycles. The molecule has 0 saturated heterocycles. The van der Waals surface area contributed by atoms with Crippen LogP contribution < -0.4 is 5.32 Å². The summed E-state index contributed by atoms with van der Waals surface area (Å²) in [4.78, 5) is 23.8. The average Bonchev–Trinajstić information content (AvgIpc) is 3.10. The summed E-state index contributed by atoms with van der Waals surface area (Å²) >= 11 is 0. The third kappa shape index (κ3) is 3.09. The van der Waals surface area contributed by atoms with Crippen LogP contribution in [0.1, 0.15) is 31.2 Å². The van der Waals surface area contributed by atoms with E-state index in [1.165, 1.54) is 6.42 Å². The molecule has 21 heavy (non-hydrogen) atoms. The Morgan fingerprint density at radius 2 is 1.95 bits per heavy atom. The summed E-state index contributed by atoms with van der Waals surface area (Å²) in [5.41, 5.74) is 0.929. The van der Waals surface area contributed by atoms with E-state index in [4.69, 9.17) is 0 Å². The van der Waals surface area contributed by atoms with E-state index in [-0.39, 0.29) is 11.8 Å². The number of aliphatic carboxylic acids is 1. The number of hydrogen-bond acceptors (Lipinski definition) is 2. The van der Waals surface area contributed by atoms with Gasteiger partial charge < -0.3 is 10.4 Å². The lowest BCUT2D eigenvalue weighted by Gasteiger charge is -2.23. The number of carbonyl (C=O) groups excluding carboxylic acids is 1. The van der Waals surface area contributed by atoms with Crippen LogP contribution in [0.3, 0.4) is 0 Å². The van der Waals surface area contributed by atoms with E-state index in [2.05, 4.69) is 5.32 Å². The van der Waals surface area contributed by atoms with Gasteiger partial charge in [0.1, 0.15) is 6.04 Å². The number of hydrogen-bond donors (Lipinski definition) is 2. The van der Waals surface area contributed by atoms with Crippen molar-refractivity contribution in [1.82, 2.24) is 5.32 Å². The van der Waals surface area contributed by atoms with Crippen LogP contribution in [-0.4, -0.2) is 23.0 Å². The second-order valence-electron chi connectivity index (χ2n) is 6.37. The molecule has 2 bridgehead atoms. The molecule has 4 atom stereocenters. The fraction of sp³-hybridized carbons (Fsp3) is 0.529. The first-order chi connectivity index (χ1) is 10.1. The summed E-state index contributed by atoms with van der Waals surface area (Å²) in [6.07, 6.45) is 4.78. The predicted molar refractivity (Wildman–Crippen MR) is 78.7 cm³/mol. The second kappa shape index (κ2) is 5.88. The van der Waals surface area contributed by atoms with Gasteiger partial charge in [-0.05, 0) is 36.7 Å². The van der Waals surface area contributed by atoms with Gasteiger partial charge >= 0.3 is 5.97 Å². The molecule has 4 heteroatoms. The highest BCUT2D eigenvalue weighted by Crippen LogP contribution is 2.48. The summed E-state index contributed by atoms with van der Waals surface area (Å²) in [7, 11) is 0. The lowest BCUT2D eigenvalue weighted by atomic mass is 9.88. The number of carboxylic acid groups (broad SMARTS) is 1. The maximum Gasteiger partial charge on any atom is 0.326 e. The minimum Gasteiger partial charge on any atom is -0.480 e. The van der Waals surface area contributed by atoms with Crippen molar-refractivity contribution in [3.8, 4) is 0 Å². The van der Waals surface area contributed by atoms with Crippen LogP contribution >= 0.6 is 0 Å². The van der Waals surface area contributed by atoms with Crippen molar-refractivity contribution >= 4 is 11.9 Å². The third-order valence-electron chi connectivity index (χ3n) is 4.97. The van der Waals surface area contributed by atoms with E-state index in [9.17, 15) is 14.7 Å². The van der Waals surface area contributed by atoms with E-state index in [0.717, 1.165) is 24.8 Å². The van der Waals surface area contributed by atoms with E-state index < -0.39 is 12.0 Å². The molecule has 112 valence electrons. The third-order valence-corrected chi connectivity index (χ3v) is 4.97. The lowest BCUT2D eigenvalue weighted by Crippen LogP contribution is -2.45. The van der Waals surface area contributed by atoms with Crippen LogP contribution in [0, 0.1) is 17.8 Å². The maximum absolute atomic E-state index is 12.4. The first-order valence-electron chi connectivity index (χ1n) is 7.70. The molecule has 0 aromatic heterocycles. The molecule has 1 amide bonds. The summed E-state index contributed by atoms with van der Waals surface area (Å²) < 4.78 is 0. The highest BCUT2D eigenvalue weighted by molar-refractivity contribution is 5.85. The summed E-state index contributed by atoms with van der Waals surface area (Å²) in [5.74, 6) is 0.159. The Kier molecular flexibility index (Phi) is 3.95. The van der Waals surface area contributed by atoms with Crippen LogP contribution in [0.25, 0.3) is 0 Å². The quantitative estimate of drug-likeness (QED) is 0.872. The van der Waals surface area contributed by atoms with Crippen molar-refractivity contribution in [3.63, 3.8) is 0 Å². The molecule has 0 radical (unpaired) electrons. The number of nitrogens with one attached hydrogen (secondary N) is 1. The molecule has 3 unspecified atom stereocenters. The lowest BCUT2D eigenvalue weighted by molar-refractivity contribution is -0.142. The number of rotatable bonds is 5. The number of carboxylic acids is 1. The van der Waals surface area contributed by atoms with Gasteiger partial charge in [0.25, 0.3) is 0 Å². The summed E-state index contributed by atoms with van der Waals surface area (Å²) in [6.45, 7) is 0. The topological polar surface area (TPSA) is 66.4 Å². The zero-order valence-electron chi connectivity index (χ0n) is 12.0. The number of benzene rings is 1. The SMILES string of the molecule is O=C(N[C@@H](Cc1ccccc1)C(=O)O)C1CC2CCC1C2. The molecule has 2 aliphatic carbocycles. The first kappa shape index (κ1) is 14.1. The van der Waals surface area contributed by atoms with Gasteiger partial charge in [-0.1, -0.05) is 36.8 Å². The maximum atomic E-state index is 12.4. The van der Waals surface area contributed by atoms with Crippen molar-refractivity contribution in [2.45, 2.75) is 38.1 Å². The van der Waals surface area contributed by atoms with Crippen molar-refractivity contribution in [3.05, 3.63) is 35.9 Å². The normalized spacial score (nSPS) is 28.3. The standard InChI is InChI=1S/C17H21NO3/c19-16(14-9-12-6-7-13(14)8-12)18-15(17(20)21)10-11-4-2-1-3-5-11/h1-5,12-15H,6-10H2,(H,18,19)(H,20,21)/t12?,13?,14?,15-/m0/s1.